The second kappa shape index (κ2) is 9.79. The van der Waals surface area contributed by atoms with Crippen molar-refractivity contribution >= 4 is 34.7 Å². The maximum absolute atomic E-state index is 13.2. The van der Waals surface area contributed by atoms with Crippen LogP contribution in [0.3, 0.4) is 0 Å². The Morgan fingerprint density at radius 1 is 0.711 bits per heavy atom. The van der Waals surface area contributed by atoms with E-state index >= 15 is 0 Å². The molecule has 0 radical (unpaired) electrons. The first-order valence-electron chi connectivity index (χ1n) is 12.7. The molecule has 190 valence electrons. The molecular weight excluding hydrogens is 470 g/mol. The summed E-state index contributed by atoms with van der Waals surface area (Å²) < 4.78 is 5.47. The molecular formula is C34H31NO3. The number of anilines is 3. The van der Waals surface area contributed by atoms with Gasteiger partial charge in [0, 0.05) is 34.3 Å². The third-order valence-electron chi connectivity index (χ3n) is 6.90. The average molecular weight is 502 g/mol. The summed E-state index contributed by atoms with van der Waals surface area (Å²) in [5.74, 6) is 0.346. The first-order valence-corrected chi connectivity index (χ1v) is 12.7. The van der Waals surface area contributed by atoms with Crippen LogP contribution in [0.1, 0.15) is 58.2 Å². The third-order valence-corrected chi connectivity index (χ3v) is 6.90. The van der Waals surface area contributed by atoms with E-state index in [1.54, 1.807) is 19.3 Å². The van der Waals surface area contributed by atoms with Gasteiger partial charge in [0.1, 0.15) is 5.75 Å². The molecule has 0 bridgehead atoms. The normalized spacial score (nSPS) is 14.1. The van der Waals surface area contributed by atoms with E-state index in [2.05, 4.69) is 50.8 Å². The van der Waals surface area contributed by atoms with E-state index in [-0.39, 0.29) is 22.6 Å². The predicted molar refractivity (Wildman–Crippen MR) is 154 cm³/mol. The number of fused-ring (bicyclic) bond motifs is 1. The van der Waals surface area contributed by atoms with Gasteiger partial charge < -0.3 is 9.64 Å². The topological polar surface area (TPSA) is 46.6 Å². The monoisotopic (exact) mass is 501 g/mol. The Morgan fingerprint density at radius 3 is 2.03 bits per heavy atom. The lowest BCUT2D eigenvalue weighted by Gasteiger charge is -2.26. The molecule has 5 rings (SSSR count). The third kappa shape index (κ3) is 4.78. The fraction of sp³-hybridized carbons (Fsp3) is 0.176. The number of carbonyl (C=O) groups excluding carboxylic acids is 2. The molecule has 0 amide bonds. The van der Waals surface area contributed by atoms with E-state index in [0.29, 0.717) is 11.1 Å². The van der Waals surface area contributed by atoms with Crippen LogP contribution in [-0.4, -0.2) is 18.7 Å². The fourth-order valence-electron chi connectivity index (χ4n) is 4.77. The van der Waals surface area contributed by atoms with Crippen LogP contribution >= 0.6 is 0 Å². The van der Waals surface area contributed by atoms with Gasteiger partial charge in [0.05, 0.1) is 12.7 Å². The van der Waals surface area contributed by atoms with Crippen molar-refractivity contribution in [3.8, 4) is 5.75 Å². The van der Waals surface area contributed by atoms with Crippen LogP contribution in [0.15, 0.2) is 96.6 Å². The molecule has 0 aromatic heterocycles. The van der Waals surface area contributed by atoms with E-state index in [1.165, 1.54) is 0 Å². The van der Waals surface area contributed by atoms with Crippen LogP contribution in [-0.2, 0) is 5.41 Å². The smallest absolute Gasteiger partial charge is 0.197 e. The fourth-order valence-corrected chi connectivity index (χ4v) is 4.77. The Hall–Kier alpha value is -4.44. The molecule has 0 aliphatic heterocycles. The van der Waals surface area contributed by atoms with E-state index < -0.39 is 0 Å². The van der Waals surface area contributed by atoms with Crippen molar-refractivity contribution in [3.05, 3.63) is 124 Å². The van der Waals surface area contributed by atoms with E-state index in [4.69, 9.17) is 4.74 Å². The van der Waals surface area contributed by atoms with Gasteiger partial charge in [-0.05, 0) is 83.6 Å². The van der Waals surface area contributed by atoms with Crippen molar-refractivity contribution < 1.29 is 14.3 Å². The van der Waals surface area contributed by atoms with Gasteiger partial charge in [0.25, 0.3) is 0 Å². The highest BCUT2D eigenvalue weighted by molar-refractivity contribution is 6.41. The summed E-state index contributed by atoms with van der Waals surface area (Å²) in [6, 6.07) is 29.7. The SMILES string of the molecule is COc1cccc(N(c2ccc(C=C3C(=O)c4ccc(C(C)(C)C)cc4C3=O)cc2)c2cccc(C)c2)c1. The van der Waals surface area contributed by atoms with Crippen LogP contribution in [0.4, 0.5) is 17.1 Å². The van der Waals surface area contributed by atoms with Gasteiger partial charge in [-0.1, -0.05) is 57.2 Å². The maximum Gasteiger partial charge on any atom is 0.197 e. The number of Topliss-reactive ketones (excluding diaryl/α,β-unsaturated/α-hetero) is 2. The zero-order valence-corrected chi connectivity index (χ0v) is 22.4. The lowest BCUT2D eigenvalue weighted by Crippen LogP contribution is -2.12. The number of rotatable bonds is 5. The molecule has 4 aromatic rings. The molecule has 4 aromatic carbocycles. The van der Waals surface area contributed by atoms with Crippen molar-refractivity contribution in [1.29, 1.82) is 0 Å². The number of hydrogen-bond acceptors (Lipinski definition) is 4. The molecule has 0 N–H and O–H groups in total. The lowest BCUT2D eigenvalue weighted by molar-refractivity contribution is 0.0990. The van der Waals surface area contributed by atoms with Gasteiger partial charge >= 0.3 is 0 Å². The largest absolute Gasteiger partial charge is 0.497 e. The Kier molecular flexibility index (Phi) is 6.50. The Bertz CT molecular complexity index is 1570. The van der Waals surface area contributed by atoms with E-state index in [1.807, 2.05) is 66.7 Å². The first-order chi connectivity index (χ1) is 18.2. The van der Waals surface area contributed by atoms with Crippen molar-refractivity contribution in [2.24, 2.45) is 0 Å². The minimum Gasteiger partial charge on any atom is -0.497 e. The van der Waals surface area contributed by atoms with Gasteiger partial charge in [-0.2, -0.15) is 0 Å². The highest BCUT2D eigenvalue weighted by Gasteiger charge is 2.34. The van der Waals surface area contributed by atoms with Gasteiger partial charge in [-0.3, -0.25) is 9.59 Å². The number of ketones is 2. The predicted octanol–water partition coefficient (Wildman–Crippen LogP) is 8.23. The number of ether oxygens (including phenoxy) is 1. The molecule has 0 saturated heterocycles. The van der Waals surface area contributed by atoms with Crippen molar-refractivity contribution in [2.45, 2.75) is 33.1 Å². The summed E-state index contributed by atoms with van der Waals surface area (Å²) in [7, 11) is 1.66. The van der Waals surface area contributed by atoms with Gasteiger partial charge in [0.2, 0.25) is 0 Å². The highest BCUT2D eigenvalue weighted by atomic mass is 16.5. The summed E-state index contributed by atoms with van der Waals surface area (Å²) in [5.41, 5.74) is 7.01. The quantitative estimate of drug-likeness (QED) is 0.204. The molecule has 0 saturated carbocycles. The minimum atomic E-state index is -0.215. The highest BCUT2D eigenvalue weighted by Crippen LogP contribution is 2.37. The molecule has 0 atom stereocenters. The van der Waals surface area contributed by atoms with E-state index in [9.17, 15) is 9.59 Å². The number of nitrogens with zero attached hydrogens (tertiary/aromatic N) is 1. The summed E-state index contributed by atoms with van der Waals surface area (Å²) in [6.45, 7) is 8.36. The van der Waals surface area contributed by atoms with Crippen molar-refractivity contribution in [3.63, 3.8) is 0 Å². The molecule has 0 unspecified atom stereocenters. The van der Waals surface area contributed by atoms with Crippen molar-refractivity contribution in [2.75, 3.05) is 12.0 Å². The standard InChI is InChI=1S/C34H31NO3/c1-22-8-6-9-26(18-22)35(27-10-7-11-28(21-27)38-5)25-15-12-23(13-16-25)19-31-32(36)29-17-14-24(34(2,3)4)20-30(29)33(31)37/h6-21H,1-5H3. The molecule has 4 heteroatoms. The van der Waals surface area contributed by atoms with E-state index in [0.717, 1.165) is 39.5 Å². The summed E-state index contributed by atoms with van der Waals surface area (Å²) in [5, 5.41) is 0. The molecule has 0 spiro atoms. The Balaban J connectivity index is 1.50. The van der Waals surface area contributed by atoms with Crippen LogP contribution in [0.5, 0.6) is 5.75 Å². The average Bonchev–Trinajstić information content (AvgIpc) is 3.14. The number of benzene rings is 4. The van der Waals surface area contributed by atoms with Crippen LogP contribution in [0.25, 0.3) is 6.08 Å². The molecule has 1 aliphatic rings. The minimum absolute atomic E-state index is 0.105. The molecule has 1 aliphatic carbocycles. The summed E-state index contributed by atoms with van der Waals surface area (Å²) in [4.78, 5) is 28.5. The molecule has 38 heavy (non-hydrogen) atoms. The number of allylic oxidation sites excluding steroid dienone is 1. The second-order valence-electron chi connectivity index (χ2n) is 10.7. The maximum atomic E-state index is 13.2. The lowest BCUT2D eigenvalue weighted by atomic mass is 9.85. The molecule has 0 fully saturated rings. The Labute approximate surface area is 224 Å². The van der Waals surface area contributed by atoms with Gasteiger partial charge in [0.15, 0.2) is 11.6 Å². The zero-order chi connectivity index (χ0) is 27.0. The number of hydrogen-bond donors (Lipinski definition) is 0. The van der Waals surface area contributed by atoms with Crippen molar-refractivity contribution in [1.82, 2.24) is 0 Å². The zero-order valence-electron chi connectivity index (χ0n) is 22.4. The molecule has 0 heterocycles. The Morgan fingerprint density at radius 2 is 1.37 bits per heavy atom. The van der Waals surface area contributed by atoms with Gasteiger partial charge in [-0.15, -0.1) is 0 Å². The van der Waals surface area contributed by atoms with Crippen LogP contribution in [0, 0.1) is 6.92 Å². The second-order valence-corrected chi connectivity index (χ2v) is 10.7. The van der Waals surface area contributed by atoms with Gasteiger partial charge in [-0.25, -0.2) is 0 Å². The van der Waals surface area contributed by atoms with Crippen LogP contribution in [0.2, 0.25) is 0 Å². The number of carbonyl (C=O) groups is 2. The van der Waals surface area contributed by atoms with Crippen LogP contribution < -0.4 is 9.64 Å². The number of methoxy groups -OCH3 is 1. The summed E-state index contributed by atoms with van der Waals surface area (Å²) in [6.07, 6.45) is 1.70. The summed E-state index contributed by atoms with van der Waals surface area (Å²) >= 11 is 0. The molecule has 4 nitrogen and oxygen atoms in total. The first kappa shape index (κ1) is 25.2. The number of aryl methyl sites for hydroxylation is 1.